The van der Waals surface area contributed by atoms with E-state index in [1.54, 1.807) is 24.3 Å². The second kappa shape index (κ2) is 11.0. The van der Waals surface area contributed by atoms with Crippen LogP contribution < -0.4 is 10.6 Å². The maximum Gasteiger partial charge on any atom is 0.407 e. The van der Waals surface area contributed by atoms with Gasteiger partial charge in [0.25, 0.3) is 5.91 Å². The highest BCUT2D eigenvalue weighted by Gasteiger charge is 2.15. The molecule has 1 rings (SSSR count). The molecule has 0 aliphatic carbocycles. The van der Waals surface area contributed by atoms with Gasteiger partial charge in [-0.25, -0.2) is 4.79 Å². The molecule has 0 aromatic heterocycles. The Hall–Kier alpha value is -2.73. The van der Waals surface area contributed by atoms with Crippen LogP contribution in [0.5, 0.6) is 0 Å². The van der Waals surface area contributed by atoms with Gasteiger partial charge in [0.05, 0.1) is 0 Å². The summed E-state index contributed by atoms with van der Waals surface area (Å²) in [5.74, 6) is -0.149. The minimum Gasteiger partial charge on any atom is -0.444 e. The summed E-state index contributed by atoms with van der Waals surface area (Å²) in [7, 11) is 0. The lowest BCUT2D eigenvalue weighted by Crippen LogP contribution is -2.33. The van der Waals surface area contributed by atoms with E-state index in [9.17, 15) is 9.59 Å². The highest BCUT2D eigenvalue weighted by Crippen LogP contribution is 2.13. The fourth-order valence-electron chi connectivity index (χ4n) is 2.14. The second-order valence-electron chi connectivity index (χ2n) is 6.84. The number of alkyl carbamates (subject to hydrolysis) is 1. The molecule has 0 bridgehead atoms. The van der Waals surface area contributed by atoms with Gasteiger partial charge in [-0.3, -0.25) is 4.79 Å². The number of hydrogen-bond acceptors (Lipinski definition) is 4. The molecule has 0 radical (unpaired) electrons. The van der Waals surface area contributed by atoms with E-state index in [1.165, 1.54) is 0 Å². The summed E-state index contributed by atoms with van der Waals surface area (Å²) in [6, 6.07) is 6.46. The predicted molar refractivity (Wildman–Crippen MR) is 100 cm³/mol. The van der Waals surface area contributed by atoms with Crippen molar-refractivity contribution in [2.75, 3.05) is 13.1 Å². The van der Waals surface area contributed by atoms with Crippen LogP contribution in [0.15, 0.2) is 29.4 Å². The van der Waals surface area contributed by atoms with Gasteiger partial charge in [-0.15, -0.1) is 0 Å². The number of carbonyl (C=O) groups is 2. The Morgan fingerprint density at radius 3 is 2.15 bits per heavy atom. The normalized spacial score (nSPS) is 10.6. The number of hydrogen-bond donors (Lipinski definition) is 2. The van der Waals surface area contributed by atoms with Gasteiger partial charge in [0.1, 0.15) is 5.60 Å². The maximum absolute atomic E-state index is 12.0. The van der Waals surface area contributed by atoms with Crippen LogP contribution in [-0.4, -0.2) is 30.7 Å². The number of rotatable bonds is 9. The van der Waals surface area contributed by atoms with E-state index in [4.69, 9.17) is 10.3 Å². The van der Waals surface area contributed by atoms with Crippen molar-refractivity contribution >= 4 is 17.7 Å². The first-order valence-electron chi connectivity index (χ1n) is 8.72. The van der Waals surface area contributed by atoms with E-state index in [0.717, 1.165) is 25.7 Å². The number of amides is 2. The molecule has 0 aliphatic rings. The fraction of sp³-hybridized carbons (Fsp3) is 0.556. The van der Waals surface area contributed by atoms with Crippen LogP contribution in [0.3, 0.4) is 0 Å². The number of unbranched alkanes of at least 4 members (excludes halogenated alkanes) is 3. The first kappa shape index (κ1) is 21.3. The zero-order valence-electron chi connectivity index (χ0n) is 15.6. The molecule has 0 aliphatic heterocycles. The molecule has 1 aromatic rings. The smallest absolute Gasteiger partial charge is 0.407 e. The van der Waals surface area contributed by atoms with E-state index in [0.29, 0.717) is 24.3 Å². The average Bonchev–Trinajstić information content (AvgIpc) is 2.56. The number of benzene rings is 1. The van der Waals surface area contributed by atoms with Crippen molar-refractivity contribution < 1.29 is 14.3 Å². The Bertz CT molecular complexity index is 631. The lowest BCUT2D eigenvalue weighted by molar-refractivity contribution is 0.0526. The Morgan fingerprint density at radius 2 is 1.62 bits per heavy atom. The molecule has 0 fully saturated rings. The third-order valence-electron chi connectivity index (χ3n) is 3.35. The summed E-state index contributed by atoms with van der Waals surface area (Å²) in [5.41, 5.74) is 8.87. The van der Waals surface area contributed by atoms with Crippen LogP contribution >= 0.6 is 0 Å². The predicted octanol–water partition coefficient (Wildman–Crippen LogP) is 4.44. The van der Waals surface area contributed by atoms with Crippen LogP contribution in [-0.2, 0) is 4.74 Å². The Balaban J connectivity index is 2.09. The van der Waals surface area contributed by atoms with Crippen molar-refractivity contribution in [3.05, 3.63) is 40.3 Å². The third kappa shape index (κ3) is 9.54. The third-order valence-corrected chi connectivity index (χ3v) is 3.35. The van der Waals surface area contributed by atoms with Crippen LogP contribution in [0.4, 0.5) is 10.5 Å². The molecule has 0 heterocycles. The van der Waals surface area contributed by atoms with Crippen molar-refractivity contribution in [3.8, 4) is 0 Å². The topological polar surface area (TPSA) is 116 Å². The molecule has 0 unspecified atom stereocenters. The van der Waals surface area contributed by atoms with Gasteiger partial charge in [-0.1, -0.05) is 30.1 Å². The molecule has 2 N–H and O–H groups in total. The van der Waals surface area contributed by atoms with E-state index in [-0.39, 0.29) is 5.91 Å². The minimum atomic E-state index is -0.481. The Morgan fingerprint density at radius 1 is 1.04 bits per heavy atom. The van der Waals surface area contributed by atoms with Gasteiger partial charge < -0.3 is 15.4 Å². The number of azide groups is 1. The number of nitrogens with one attached hydrogen (secondary N) is 2. The molecular weight excluding hydrogens is 334 g/mol. The van der Waals surface area contributed by atoms with Gasteiger partial charge in [-0.05, 0) is 51.3 Å². The lowest BCUT2D eigenvalue weighted by Gasteiger charge is -2.19. The highest BCUT2D eigenvalue weighted by atomic mass is 16.6. The molecule has 0 spiro atoms. The molecule has 8 heteroatoms. The standard InChI is InChI=1S/C18H27N5O3/c1-18(2,3)26-17(25)21-13-7-5-4-6-12-20-16(24)14-8-10-15(11-9-14)22-23-19/h8-11H,4-7,12-13H2,1-3H3,(H,20,24)(H,21,25). The zero-order chi connectivity index (χ0) is 19.4. The summed E-state index contributed by atoms with van der Waals surface area (Å²) >= 11 is 0. The molecule has 0 saturated carbocycles. The first-order chi connectivity index (χ1) is 12.3. The van der Waals surface area contributed by atoms with Gasteiger partial charge in [0.15, 0.2) is 0 Å². The van der Waals surface area contributed by atoms with Crippen LogP contribution in [0.1, 0.15) is 56.8 Å². The van der Waals surface area contributed by atoms with Crippen molar-refractivity contribution in [1.82, 2.24) is 10.6 Å². The molecule has 142 valence electrons. The molecular formula is C18H27N5O3. The van der Waals surface area contributed by atoms with Gasteiger partial charge in [0, 0.05) is 29.3 Å². The minimum absolute atomic E-state index is 0.149. The van der Waals surface area contributed by atoms with Crippen LogP contribution in [0, 0.1) is 0 Å². The highest BCUT2D eigenvalue weighted by molar-refractivity contribution is 5.94. The second-order valence-corrected chi connectivity index (χ2v) is 6.84. The summed E-state index contributed by atoms with van der Waals surface area (Å²) in [6.45, 7) is 6.66. The summed E-state index contributed by atoms with van der Waals surface area (Å²) in [6.07, 6.45) is 3.28. The Labute approximate surface area is 153 Å². The largest absolute Gasteiger partial charge is 0.444 e. The molecule has 0 atom stereocenters. The summed E-state index contributed by atoms with van der Waals surface area (Å²) in [5, 5.41) is 9.04. The summed E-state index contributed by atoms with van der Waals surface area (Å²) < 4.78 is 5.15. The first-order valence-corrected chi connectivity index (χ1v) is 8.72. The molecule has 8 nitrogen and oxygen atoms in total. The van der Waals surface area contributed by atoms with Crippen LogP contribution in [0.25, 0.3) is 10.4 Å². The van der Waals surface area contributed by atoms with E-state index in [2.05, 4.69) is 20.7 Å². The van der Waals surface area contributed by atoms with Crippen molar-refractivity contribution in [1.29, 1.82) is 0 Å². The average molecular weight is 361 g/mol. The van der Waals surface area contributed by atoms with E-state index >= 15 is 0 Å². The SMILES string of the molecule is CC(C)(C)OC(=O)NCCCCCCNC(=O)c1ccc(N=[N+]=[N-])cc1. The molecule has 26 heavy (non-hydrogen) atoms. The number of nitrogens with zero attached hydrogens (tertiary/aromatic N) is 3. The van der Waals surface area contributed by atoms with Gasteiger partial charge >= 0.3 is 6.09 Å². The fourth-order valence-corrected chi connectivity index (χ4v) is 2.14. The van der Waals surface area contributed by atoms with E-state index in [1.807, 2.05) is 20.8 Å². The number of carbonyl (C=O) groups excluding carboxylic acids is 2. The zero-order valence-corrected chi connectivity index (χ0v) is 15.6. The molecule has 2 amide bonds. The monoisotopic (exact) mass is 361 g/mol. The quantitative estimate of drug-likeness (QED) is 0.293. The van der Waals surface area contributed by atoms with Gasteiger partial charge in [0.2, 0.25) is 0 Å². The Kier molecular flexibility index (Phi) is 9.01. The molecule has 0 saturated heterocycles. The maximum atomic E-state index is 12.0. The van der Waals surface area contributed by atoms with Crippen molar-refractivity contribution in [2.45, 2.75) is 52.1 Å². The number of ether oxygens (including phenoxy) is 1. The van der Waals surface area contributed by atoms with Crippen LogP contribution in [0.2, 0.25) is 0 Å². The molecule has 1 aromatic carbocycles. The van der Waals surface area contributed by atoms with E-state index < -0.39 is 11.7 Å². The van der Waals surface area contributed by atoms with Crippen molar-refractivity contribution in [3.63, 3.8) is 0 Å². The summed E-state index contributed by atoms with van der Waals surface area (Å²) in [4.78, 5) is 26.1. The van der Waals surface area contributed by atoms with Crippen molar-refractivity contribution in [2.24, 2.45) is 5.11 Å². The lowest BCUT2D eigenvalue weighted by atomic mass is 10.1. The van der Waals surface area contributed by atoms with Gasteiger partial charge in [-0.2, -0.15) is 0 Å².